The molecule has 0 N–H and O–H groups in total. The van der Waals surface area contributed by atoms with E-state index in [4.69, 9.17) is 9.47 Å². The maximum Gasteiger partial charge on any atom is 0.233 e. The van der Waals surface area contributed by atoms with Crippen LogP contribution in [0.4, 0.5) is 0 Å². The second-order valence-electron chi connectivity index (χ2n) is 10.4. The van der Waals surface area contributed by atoms with Crippen molar-refractivity contribution in [1.29, 1.82) is 0 Å². The molecule has 0 atom stereocenters. The first kappa shape index (κ1) is 25.9. The minimum absolute atomic E-state index is 0.377. The number of fused-ring (bicyclic) bond motifs is 1. The van der Waals surface area contributed by atoms with Crippen molar-refractivity contribution < 1.29 is 9.47 Å². The van der Waals surface area contributed by atoms with Crippen molar-refractivity contribution in [3.05, 3.63) is 36.0 Å². The normalized spacial score (nSPS) is 19.4. The monoisotopic (exact) mass is 479 g/mol. The molecule has 3 fully saturated rings. The second kappa shape index (κ2) is 13.8. The molecule has 2 saturated heterocycles. The summed E-state index contributed by atoms with van der Waals surface area (Å²) >= 11 is 0. The van der Waals surface area contributed by atoms with E-state index in [2.05, 4.69) is 46.3 Å². The number of ether oxygens (including phenoxy) is 2. The molecule has 0 spiro atoms. The summed E-state index contributed by atoms with van der Waals surface area (Å²) < 4.78 is 11.4. The predicted molar refractivity (Wildman–Crippen MR) is 143 cm³/mol. The molecule has 0 unspecified atom stereocenters. The number of hydrogen-bond acceptors (Lipinski definition) is 5. The first-order valence-electron chi connectivity index (χ1n) is 14.2. The third kappa shape index (κ3) is 7.67. The highest BCUT2D eigenvalue weighted by Crippen LogP contribution is 2.30. The fourth-order valence-electron chi connectivity index (χ4n) is 5.74. The van der Waals surface area contributed by atoms with Gasteiger partial charge in [0, 0.05) is 17.7 Å². The summed E-state index contributed by atoms with van der Waals surface area (Å²) in [6.45, 7) is 4.98. The molecule has 35 heavy (non-hydrogen) atoms. The van der Waals surface area contributed by atoms with Gasteiger partial charge in [-0.25, -0.2) is 0 Å². The van der Waals surface area contributed by atoms with Crippen LogP contribution in [0.5, 0.6) is 11.6 Å². The molecule has 0 bridgehead atoms. The second-order valence-corrected chi connectivity index (χ2v) is 10.4. The average Bonchev–Trinajstić information content (AvgIpc) is 2.93. The third-order valence-electron chi connectivity index (χ3n) is 7.83. The molecule has 5 nitrogen and oxygen atoms in total. The molecule has 1 aromatic carbocycles. The zero-order chi connectivity index (χ0) is 24.3. The zero-order valence-electron chi connectivity index (χ0n) is 22.0. The zero-order valence-corrected chi connectivity index (χ0v) is 22.0. The highest BCUT2D eigenvalue weighted by molar-refractivity contribution is 5.67. The third-order valence-corrected chi connectivity index (χ3v) is 7.83. The quantitative estimate of drug-likeness (QED) is 0.419. The molecular formula is C30H45N3O2. The van der Waals surface area contributed by atoms with Crippen LogP contribution in [-0.2, 0) is 6.42 Å². The van der Waals surface area contributed by atoms with Gasteiger partial charge in [-0.15, -0.1) is 5.10 Å². The van der Waals surface area contributed by atoms with Gasteiger partial charge in [0.2, 0.25) is 5.88 Å². The Labute approximate surface area is 212 Å². The Kier molecular flexibility index (Phi) is 10.2. The Bertz CT molecular complexity index is 854. The van der Waals surface area contributed by atoms with Gasteiger partial charge in [0.1, 0.15) is 5.75 Å². The minimum Gasteiger partial charge on any atom is -0.490 e. The number of rotatable bonds is 7. The summed E-state index contributed by atoms with van der Waals surface area (Å²) in [6.07, 6.45) is 18.7. The van der Waals surface area contributed by atoms with E-state index in [0.29, 0.717) is 12.0 Å². The van der Waals surface area contributed by atoms with E-state index in [-0.39, 0.29) is 0 Å². The molecule has 2 aliphatic heterocycles. The maximum atomic E-state index is 6.13. The number of benzene rings is 1. The van der Waals surface area contributed by atoms with Crippen LogP contribution in [0.25, 0.3) is 11.1 Å². The lowest BCUT2D eigenvalue weighted by Crippen LogP contribution is -2.42. The van der Waals surface area contributed by atoms with Gasteiger partial charge in [0.25, 0.3) is 0 Å². The summed E-state index contributed by atoms with van der Waals surface area (Å²) in [7, 11) is 1.63. The Balaban J connectivity index is 0.000000239. The Morgan fingerprint density at radius 2 is 1.54 bits per heavy atom. The molecule has 1 aromatic heterocycles. The van der Waals surface area contributed by atoms with Gasteiger partial charge in [-0.2, -0.15) is 5.10 Å². The van der Waals surface area contributed by atoms with Crippen molar-refractivity contribution in [2.75, 3.05) is 20.2 Å². The Morgan fingerprint density at radius 1 is 0.857 bits per heavy atom. The maximum absolute atomic E-state index is 6.13. The number of hydrogen-bond donors (Lipinski definition) is 0. The van der Waals surface area contributed by atoms with Gasteiger partial charge in [0.05, 0.1) is 18.9 Å². The fraction of sp³-hybridized carbons (Fsp3) is 0.667. The lowest BCUT2D eigenvalue weighted by Gasteiger charge is -2.39. The van der Waals surface area contributed by atoms with E-state index in [9.17, 15) is 0 Å². The Morgan fingerprint density at radius 3 is 2.17 bits per heavy atom. The van der Waals surface area contributed by atoms with Gasteiger partial charge in [-0.3, -0.25) is 0 Å². The van der Waals surface area contributed by atoms with Gasteiger partial charge >= 0.3 is 0 Å². The van der Waals surface area contributed by atoms with Crippen LogP contribution in [0, 0.1) is 0 Å². The van der Waals surface area contributed by atoms with E-state index in [0.717, 1.165) is 47.9 Å². The summed E-state index contributed by atoms with van der Waals surface area (Å²) in [6, 6.07) is 11.3. The van der Waals surface area contributed by atoms with Crippen molar-refractivity contribution in [1.82, 2.24) is 15.1 Å². The van der Waals surface area contributed by atoms with Crippen LogP contribution < -0.4 is 9.47 Å². The van der Waals surface area contributed by atoms with Crippen LogP contribution in [-0.4, -0.2) is 47.4 Å². The number of piperidine rings is 2. The van der Waals surface area contributed by atoms with Crippen molar-refractivity contribution >= 4 is 0 Å². The first-order chi connectivity index (χ1) is 17.3. The van der Waals surface area contributed by atoms with Crippen molar-refractivity contribution in [2.45, 2.75) is 109 Å². The molecule has 1 saturated carbocycles. The van der Waals surface area contributed by atoms with E-state index in [1.54, 1.807) is 7.11 Å². The van der Waals surface area contributed by atoms with E-state index in [1.807, 2.05) is 6.07 Å². The van der Waals surface area contributed by atoms with Crippen molar-refractivity contribution in [2.24, 2.45) is 0 Å². The summed E-state index contributed by atoms with van der Waals surface area (Å²) in [5, 5.41) is 8.51. The van der Waals surface area contributed by atoms with Crippen LogP contribution in [0.3, 0.4) is 0 Å². The molecule has 0 amide bonds. The lowest BCUT2D eigenvalue weighted by molar-refractivity contribution is 0.109. The van der Waals surface area contributed by atoms with Gasteiger partial charge in [0.15, 0.2) is 0 Å². The highest BCUT2D eigenvalue weighted by atomic mass is 16.5. The molecule has 5 heteroatoms. The molecule has 2 aromatic rings. The van der Waals surface area contributed by atoms with Gasteiger partial charge in [-0.1, -0.05) is 44.7 Å². The molecule has 1 aliphatic carbocycles. The van der Waals surface area contributed by atoms with Crippen molar-refractivity contribution in [3.63, 3.8) is 0 Å². The largest absolute Gasteiger partial charge is 0.490 e. The van der Waals surface area contributed by atoms with Gasteiger partial charge < -0.3 is 14.4 Å². The fourth-order valence-corrected chi connectivity index (χ4v) is 5.74. The first-order valence-corrected chi connectivity index (χ1v) is 14.2. The number of unbranched alkanes of at least 4 members (excludes halogenated alkanes) is 1. The minimum atomic E-state index is 0.377. The number of aromatic nitrogens is 2. The average molecular weight is 480 g/mol. The highest BCUT2D eigenvalue weighted by Gasteiger charge is 2.24. The van der Waals surface area contributed by atoms with Crippen LogP contribution in [0.2, 0.25) is 0 Å². The smallest absolute Gasteiger partial charge is 0.233 e. The van der Waals surface area contributed by atoms with E-state index >= 15 is 0 Å². The molecular weight excluding hydrogens is 434 g/mol. The number of nitrogens with zero attached hydrogens (tertiary/aromatic N) is 3. The summed E-state index contributed by atoms with van der Waals surface area (Å²) in [5.41, 5.74) is 3.27. The standard InChI is InChI=1S/C21H28N2O2.C9H17N/c1-3-4-10-20-19(15-21(24-2)23-22-20)16-11-13-18(14-12-16)25-17-8-6-5-7-9-17;1-3-7-10-8-4-2-6-9(10)5-1/h11-15,17H,3-10H2,1-2H3;9H,1-8H2. The molecule has 3 heterocycles. The summed E-state index contributed by atoms with van der Waals surface area (Å²) in [4.78, 5) is 2.70. The number of methoxy groups -OCH3 is 1. The van der Waals surface area contributed by atoms with Crippen LogP contribution in [0.15, 0.2) is 30.3 Å². The molecule has 192 valence electrons. The van der Waals surface area contributed by atoms with E-state index in [1.165, 1.54) is 83.7 Å². The van der Waals surface area contributed by atoms with Crippen LogP contribution in [0.1, 0.15) is 96.1 Å². The van der Waals surface area contributed by atoms with E-state index < -0.39 is 0 Å². The SMILES string of the molecule is C1CCN2CCCCC2C1.CCCCc1nnc(OC)cc1-c1ccc(OC2CCCCC2)cc1. The van der Waals surface area contributed by atoms with Crippen molar-refractivity contribution in [3.8, 4) is 22.8 Å². The molecule has 5 rings (SSSR count). The van der Waals surface area contributed by atoms with Crippen LogP contribution >= 0.6 is 0 Å². The topological polar surface area (TPSA) is 47.5 Å². The predicted octanol–water partition coefficient (Wildman–Crippen LogP) is 7.23. The Hall–Kier alpha value is -2.14. The molecule has 3 aliphatic rings. The summed E-state index contributed by atoms with van der Waals surface area (Å²) in [5.74, 6) is 1.51. The molecule has 0 radical (unpaired) electrons. The lowest BCUT2D eigenvalue weighted by atomic mass is 9.93. The van der Waals surface area contributed by atoms with Gasteiger partial charge in [-0.05, 0) is 95.0 Å². The number of aryl methyl sites for hydroxylation is 1.